The summed E-state index contributed by atoms with van der Waals surface area (Å²) in [6.07, 6.45) is 66.1. The summed E-state index contributed by atoms with van der Waals surface area (Å²) in [6, 6.07) is -0.861. The third-order valence-corrected chi connectivity index (χ3v) is 13.9. The summed E-state index contributed by atoms with van der Waals surface area (Å²) in [5.74, 6) is -0.535. The van der Waals surface area contributed by atoms with Crippen LogP contribution in [0, 0.1) is 0 Å². The largest absolute Gasteiger partial charge is 0.472 e. The van der Waals surface area contributed by atoms with Crippen LogP contribution in [0.5, 0.6) is 0 Å². The van der Waals surface area contributed by atoms with Crippen LogP contribution in [0.15, 0.2) is 72.9 Å². The smallest absolute Gasteiger partial charge is 0.456 e. The number of esters is 1. The van der Waals surface area contributed by atoms with Gasteiger partial charge in [0.1, 0.15) is 19.3 Å². The van der Waals surface area contributed by atoms with Crippen molar-refractivity contribution in [2.75, 3.05) is 40.9 Å². The third kappa shape index (κ3) is 52.3. The number of rotatable bonds is 53. The van der Waals surface area contributed by atoms with Crippen molar-refractivity contribution in [1.29, 1.82) is 0 Å². The van der Waals surface area contributed by atoms with Gasteiger partial charge in [0.05, 0.1) is 33.8 Å². The summed E-state index contributed by atoms with van der Waals surface area (Å²) < 4.78 is 30.6. The van der Waals surface area contributed by atoms with Crippen LogP contribution >= 0.6 is 7.82 Å². The van der Waals surface area contributed by atoms with Gasteiger partial charge in [-0.2, -0.15) is 0 Å². The van der Waals surface area contributed by atoms with Crippen LogP contribution in [0.25, 0.3) is 0 Å². The number of hydrogen-bond donors (Lipinski definition) is 2. The molecule has 0 saturated carbocycles. The summed E-state index contributed by atoms with van der Waals surface area (Å²) >= 11 is 0. The zero-order chi connectivity index (χ0) is 52.9. The summed E-state index contributed by atoms with van der Waals surface area (Å²) in [6.45, 7) is 6.86. The molecule has 0 aliphatic rings. The van der Waals surface area contributed by atoms with E-state index in [4.69, 9.17) is 13.8 Å². The fourth-order valence-corrected chi connectivity index (χ4v) is 9.01. The molecule has 3 unspecified atom stereocenters. The lowest BCUT2D eigenvalue weighted by Crippen LogP contribution is -2.47. The van der Waals surface area contributed by atoms with E-state index in [0.29, 0.717) is 23.9 Å². The van der Waals surface area contributed by atoms with Gasteiger partial charge in [-0.05, 0) is 96.0 Å². The van der Waals surface area contributed by atoms with Gasteiger partial charge in [-0.25, -0.2) is 4.57 Å². The normalized spacial score (nSPS) is 14.3. The van der Waals surface area contributed by atoms with Gasteiger partial charge in [0.15, 0.2) is 0 Å². The zero-order valence-electron chi connectivity index (χ0n) is 47.7. The SMILES string of the molecule is CC/C=C/C/C=C/C/C=C/CCCCCCC(=O)OC(/C=C\CCCCCCCCCCCCC)C(COP(=O)(O)OCC[N+](C)(C)C)NC(=O)CCCCCCCCCCC/C=C\C/C=C\CCCCC. The monoisotopic (exact) mass is 1030 g/mol. The van der Waals surface area contributed by atoms with E-state index in [0.717, 1.165) is 103 Å². The number of allylic oxidation sites excluding steroid dienone is 11. The van der Waals surface area contributed by atoms with Crippen molar-refractivity contribution in [3.63, 3.8) is 0 Å². The highest BCUT2D eigenvalue weighted by Crippen LogP contribution is 2.43. The fourth-order valence-electron chi connectivity index (χ4n) is 8.28. The van der Waals surface area contributed by atoms with Gasteiger partial charge in [-0.3, -0.25) is 18.6 Å². The molecule has 0 aliphatic heterocycles. The number of phosphoric ester groups is 1. The Morgan fingerprint density at radius 2 is 0.889 bits per heavy atom. The Hall–Kier alpha value is -2.55. The number of nitrogens with zero attached hydrogens (tertiary/aromatic N) is 1. The average molecular weight is 1030 g/mol. The Labute approximate surface area is 444 Å². The number of amides is 1. The fraction of sp³-hybridized carbons (Fsp3) is 0.774. The first-order chi connectivity index (χ1) is 34.9. The lowest BCUT2D eigenvalue weighted by Gasteiger charge is -2.27. The average Bonchev–Trinajstić information content (AvgIpc) is 3.34. The first-order valence-corrected chi connectivity index (χ1v) is 31.3. The lowest BCUT2D eigenvalue weighted by atomic mass is 10.0. The Morgan fingerprint density at radius 3 is 1.36 bits per heavy atom. The highest BCUT2D eigenvalue weighted by molar-refractivity contribution is 7.47. The van der Waals surface area contributed by atoms with Gasteiger partial charge >= 0.3 is 13.8 Å². The van der Waals surface area contributed by atoms with Crippen molar-refractivity contribution in [3.8, 4) is 0 Å². The number of likely N-dealkylation sites (N-methyl/N-ethyl adjacent to an activating group) is 1. The molecular weight excluding hydrogens is 916 g/mol. The molecule has 72 heavy (non-hydrogen) atoms. The molecule has 10 heteroatoms. The van der Waals surface area contributed by atoms with Crippen LogP contribution in [0.3, 0.4) is 0 Å². The number of phosphoric acid groups is 1. The molecule has 0 aromatic carbocycles. The first kappa shape index (κ1) is 69.5. The maximum atomic E-state index is 13.5. The zero-order valence-corrected chi connectivity index (χ0v) is 48.6. The van der Waals surface area contributed by atoms with Crippen LogP contribution in [-0.4, -0.2) is 74.3 Å². The van der Waals surface area contributed by atoms with E-state index >= 15 is 0 Å². The maximum Gasteiger partial charge on any atom is 0.472 e. The summed E-state index contributed by atoms with van der Waals surface area (Å²) in [5, 5.41) is 3.05. The molecule has 1 amide bonds. The van der Waals surface area contributed by atoms with Crippen LogP contribution < -0.4 is 5.32 Å². The Morgan fingerprint density at radius 1 is 0.500 bits per heavy atom. The molecule has 0 aliphatic carbocycles. The van der Waals surface area contributed by atoms with E-state index in [1.807, 2.05) is 33.3 Å². The van der Waals surface area contributed by atoms with Gasteiger partial charge < -0.3 is 19.4 Å². The Balaban J connectivity index is 5.34. The van der Waals surface area contributed by atoms with Gasteiger partial charge in [-0.1, -0.05) is 222 Å². The molecule has 9 nitrogen and oxygen atoms in total. The molecule has 0 aromatic rings. The molecule has 0 heterocycles. The predicted octanol–water partition coefficient (Wildman–Crippen LogP) is 18.1. The number of unbranched alkanes of at least 4 members (excludes halogenated alkanes) is 27. The van der Waals surface area contributed by atoms with Crippen LogP contribution in [0.4, 0.5) is 0 Å². The minimum Gasteiger partial charge on any atom is -0.456 e. The number of carbonyl (C=O) groups excluding carboxylic acids is 2. The highest BCUT2D eigenvalue weighted by atomic mass is 31.2. The molecule has 0 aromatic heterocycles. The minimum atomic E-state index is -4.45. The molecule has 0 rings (SSSR count). The summed E-state index contributed by atoms with van der Waals surface area (Å²) in [4.78, 5) is 37.6. The van der Waals surface area contributed by atoms with Crippen molar-refractivity contribution >= 4 is 19.7 Å². The van der Waals surface area contributed by atoms with E-state index in [9.17, 15) is 19.0 Å². The van der Waals surface area contributed by atoms with Gasteiger partial charge in [0, 0.05) is 12.8 Å². The second-order valence-electron chi connectivity index (χ2n) is 21.1. The standard InChI is InChI=1S/C62H113N2O7P/c1-7-10-13-16-19-22-25-28-30-31-32-33-34-36-39-42-45-48-51-54-61(65)63-59(58-70-72(67,68)69-57-56-64(4,5)6)60(53-50-47-44-41-38-35-27-24-21-18-15-12-9-3)71-62(66)55-52-49-46-43-40-37-29-26-23-20-17-14-11-8-2/h11,14,19-20,22-23,28-30,37,50,53,59-60H,7-10,12-13,15-18,21,24-27,31-36,38-49,51-52,54-58H2,1-6H3,(H-,63,65,67,68)/p+1/b14-11+,22-19-,23-20+,30-28-,37-29+,53-50-. The maximum absolute atomic E-state index is 13.5. The van der Waals surface area contributed by atoms with E-state index in [-0.39, 0.29) is 31.5 Å². The van der Waals surface area contributed by atoms with Crippen LogP contribution in [0.1, 0.15) is 258 Å². The van der Waals surface area contributed by atoms with Crippen LogP contribution in [0.2, 0.25) is 0 Å². The van der Waals surface area contributed by atoms with Gasteiger partial charge in [0.2, 0.25) is 5.91 Å². The van der Waals surface area contributed by atoms with E-state index in [2.05, 4.69) is 86.8 Å². The van der Waals surface area contributed by atoms with Gasteiger partial charge in [-0.15, -0.1) is 0 Å². The number of carbonyl (C=O) groups is 2. The number of quaternary nitrogens is 1. The lowest BCUT2D eigenvalue weighted by molar-refractivity contribution is -0.870. The van der Waals surface area contributed by atoms with Crippen LogP contribution in [-0.2, 0) is 27.9 Å². The quantitative estimate of drug-likeness (QED) is 0.0205. The Kier molecular flexibility index (Phi) is 50.1. The molecule has 0 spiro atoms. The second-order valence-corrected chi connectivity index (χ2v) is 22.6. The molecule has 3 atom stereocenters. The summed E-state index contributed by atoms with van der Waals surface area (Å²) in [5.41, 5.74) is 0. The molecule has 2 N–H and O–H groups in total. The van der Waals surface area contributed by atoms with Crippen molar-refractivity contribution < 1.29 is 37.3 Å². The van der Waals surface area contributed by atoms with E-state index in [1.54, 1.807) is 0 Å². The minimum absolute atomic E-state index is 0.0333. The van der Waals surface area contributed by atoms with E-state index in [1.165, 1.54) is 116 Å². The topological polar surface area (TPSA) is 111 Å². The number of ether oxygens (including phenoxy) is 1. The molecule has 0 fully saturated rings. The first-order valence-electron chi connectivity index (χ1n) is 29.8. The van der Waals surface area contributed by atoms with E-state index < -0.39 is 20.0 Å². The molecule has 0 radical (unpaired) electrons. The van der Waals surface area contributed by atoms with Gasteiger partial charge in [0.25, 0.3) is 0 Å². The Bertz CT molecular complexity index is 1460. The van der Waals surface area contributed by atoms with Crippen molar-refractivity contribution in [1.82, 2.24) is 5.32 Å². The number of hydrogen-bond acceptors (Lipinski definition) is 6. The molecular formula is C62H114N2O7P+. The summed E-state index contributed by atoms with van der Waals surface area (Å²) in [7, 11) is 1.47. The highest BCUT2D eigenvalue weighted by Gasteiger charge is 2.30. The predicted molar refractivity (Wildman–Crippen MR) is 309 cm³/mol. The molecule has 0 saturated heterocycles. The molecule has 0 bridgehead atoms. The van der Waals surface area contributed by atoms with Crippen molar-refractivity contribution in [3.05, 3.63) is 72.9 Å². The van der Waals surface area contributed by atoms with Crippen molar-refractivity contribution in [2.45, 2.75) is 270 Å². The second kappa shape index (κ2) is 51.9. The molecule has 418 valence electrons. The number of nitrogens with one attached hydrogen (secondary N) is 1. The third-order valence-electron chi connectivity index (χ3n) is 12.9. The van der Waals surface area contributed by atoms with Crippen molar-refractivity contribution in [2.24, 2.45) is 0 Å².